The molecular weight excluding hydrogens is 514 g/mol. The zero-order valence-corrected chi connectivity index (χ0v) is 19.2. The predicted molar refractivity (Wildman–Crippen MR) is 117 cm³/mol. The van der Waals surface area contributed by atoms with E-state index in [1.807, 2.05) is 26.0 Å². The summed E-state index contributed by atoms with van der Waals surface area (Å²) in [6.45, 7) is 5.33. The smallest absolute Gasteiger partial charge is 0.190 e. The average molecular weight is 539 g/mol. The minimum Gasteiger partial charge on any atom is -0.361 e. The second-order valence-electron chi connectivity index (χ2n) is 5.82. The molecule has 0 aliphatic heterocycles. The maximum atomic E-state index is 13.8. The number of aromatic nitrogens is 1. The highest BCUT2D eigenvalue weighted by Crippen LogP contribution is 2.16. The molecule has 0 aliphatic rings. The van der Waals surface area contributed by atoms with Crippen molar-refractivity contribution in [2.45, 2.75) is 33.1 Å². The van der Waals surface area contributed by atoms with E-state index in [1.54, 1.807) is 7.05 Å². The van der Waals surface area contributed by atoms with Crippen molar-refractivity contribution in [3.8, 4) is 0 Å². The fourth-order valence-corrected chi connectivity index (χ4v) is 2.93. The van der Waals surface area contributed by atoms with Crippen LogP contribution in [0.4, 0.5) is 4.39 Å². The number of aliphatic imine (C=N–C) groups is 1. The minimum absolute atomic E-state index is 0. The zero-order chi connectivity index (χ0) is 18.2. The SMILES string of the molecule is CN=C(NCCCc1ccc(Br)cc1F)NCCc1c(C)noc1C.I. The third-order valence-electron chi connectivity index (χ3n) is 4.00. The third kappa shape index (κ3) is 6.86. The van der Waals surface area contributed by atoms with Crippen molar-refractivity contribution >= 4 is 45.9 Å². The van der Waals surface area contributed by atoms with E-state index in [2.05, 4.69) is 36.7 Å². The van der Waals surface area contributed by atoms with Gasteiger partial charge in [-0.25, -0.2) is 4.39 Å². The molecule has 0 spiro atoms. The van der Waals surface area contributed by atoms with E-state index in [4.69, 9.17) is 4.52 Å². The Morgan fingerprint density at radius 3 is 2.58 bits per heavy atom. The van der Waals surface area contributed by atoms with E-state index in [0.29, 0.717) is 6.42 Å². The highest BCUT2D eigenvalue weighted by Gasteiger charge is 2.08. The number of hydrogen-bond acceptors (Lipinski definition) is 3. The van der Waals surface area contributed by atoms with Crippen LogP contribution in [0.1, 0.15) is 29.0 Å². The third-order valence-corrected chi connectivity index (χ3v) is 4.50. The first-order valence-electron chi connectivity index (χ1n) is 8.31. The van der Waals surface area contributed by atoms with Crippen molar-refractivity contribution in [2.24, 2.45) is 4.99 Å². The highest BCUT2D eigenvalue weighted by atomic mass is 127. The molecule has 0 amide bonds. The normalized spacial score (nSPS) is 11.2. The summed E-state index contributed by atoms with van der Waals surface area (Å²) >= 11 is 3.27. The summed E-state index contributed by atoms with van der Waals surface area (Å²) in [5.74, 6) is 1.43. The van der Waals surface area contributed by atoms with Gasteiger partial charge in [0.15, 0.2) is 5.96 Å². The van der Waals surface area contributed by atoms with E-state index in [-0.39, 0.29) is 29.8 Å². The van der Waals surface area contributed by atoms with Crippen molar-refractivity contribution in [1.82, 2.24) is 15.8 Å². The van der Waals surface area contributed by atoms with Crippen LogP contribution in [0.15, 0.2) is 32.2 Å². The van der Waals surface area contributed by atoms with Gasteiger partial charge in [0.25, 0.3) is 0 Å². The Balaban J connectivity index is 0.00000338. The molecule has 26 heavy (non-hydrogen) atoms. The van der Waals surface area contributed by atoms with Crippen LogP contribution in [0, 0.1) is 19.7 Å². The number of guanidine groups is 1. The molecule has 2 aromatic rings. The second-order valence-corrected chi connectivity index (χ2v) is 6.73. The van der Waals surface area contributed by atoms with E-state index in [0.717, 1.165) is 58.9 Å². The number of aryl methyl sites for hydroxylation is 3. The molecule has 144 valence electrons. The van der Waals surface area contributed by atoms with Crippen LogP contribution < -0.4 is 10.6 Å². The quantitative estimate of drug-likeness (QED) is 0.240. The van der Waals surface area contributed by atoms with Crippen molar-refractivity contribution < 1.29 is 8.91 Å². The Labute approximate surface area is 179 Å². The number of benzene rings is 1. The molecule has 1 aromatic heterocycles. The Bertz CT molecular complexity index is 716. The molecule has 0 aliphatic carbocycles. The lowest BCUT2D eigenvalue weighted by Gasteiger charge is -2.12. The standard InChI is InChI=1S/C18H24BrFN4O.HI/c1-12-16(13(2)25-24-12)8-10-23-18(21-3)22-9-4-5-14-6-7-15(19)11-17(14)20;/h6-7,11H,4-5,8-10H2,1-3H3,(H2,21,22,23);1H. The van der Waals surface area contributed by atoms with Crippen LogP contribution in [-0.2, 0) is 12.8 Å². The summed E-state index contributed by atoms with van der Waals surface area (Å²) in [5.41, 5.74) is 2.79. The van der Waals surface area contributed by atoms with Gasteiger partial charge < -0.3 is 15.2 Å². The second kappa shape index (κ2) is 11.5. The van der Waals surface area contributed by atoms with Crippen LogP contribution >= 0.6 is 39.9 Å². The highest BCUT2D eigenvalue weighted by molar-refractivity contribution is 14.0. The topological polar surface area (TPSA) is 62.5 Å². The summed E-state index contributed by atoms with van der Waals surface area (Å²) in [7, 11) is 1.74. The Kier molecular flexibility index (Phi) is 10.1. The lowest BCUT2D eigenvalue weighted by molar-refractivity contribution is 0.392. The predicted octanol–water partition coefficient (Wildman–Crippen LogP) is 4.15. The number of hydrogen-bond donors (Lipinski definition) is 2. The van der Waals surface area contributed by atoms with E-state index < -0.39 is 0 Å². The van der Waals surface area contributed by atoms with Gasteiger partial charge in [0.1, 0.15) is 11.6 Å². The summed E-state index contributed by atoms with van der Waals surface area (Å²) in [4.78, 5) is 4.20. The van der Waals surface area contributed by atoms with Crippen LogP contribution in [-0.4, -0.2) is 31.3 Å². The summed E-state index contributed by atoms with van der Waals surface area (Å²) in [5, 5.41) is 10.5. The first-order valence-corrected chi connectivity index (χ1v) is 9.10. The van der Waals surface area contributed by atoms with Gasteiger partial charge in [0.05, 0.1) is 5.69 Å². The van der Waals surface area contributed by atoms with Gasteiger partial charge in [0.2, 0.25) is 0 Å². The average Bonchev–Trinajstić information content (AvgIpc) is 2.90. The largest absolute Gasteiger partial charge is 0.361 e. The van der Waals surface area contributed by atoms with E-state index in [1.165, 1.54) is 6.07 Å². The molecule has 1 heterocycles. The van der Waals surface area contributed by atoms with Gasteiger partial charge in [-0.1, -0.05) is 27.2 Å². The lowest BCUT2D eigenvalue weighted by atomic mass is 10.1. The molecule has 0 saturated heterocycles. The van der Waals surface area contributed by atoms with Gasteiger partial charge in [-0.3, -0.25) is 4.99 Å². The minimum atomic E-state index is -0.170. The van der Waals surface area contributed by atoms with Gasteiger partial charge in [-0.2, -0.15) is 0 Å². The van der Waals surface area contributed by atoms with Crippen LogP contribution in [0.5, 0.6) is 0 Å². The molecule has 0 unspecified atom stereocenters. The van der Waals surface area contributed by atoms with Gasteiger partial charge in [0, 0.05) is 30.2 Å². The fourth-order valence-electron chi connectivity index (χ4n) is 2.60. The fraction of sp³-hybridized carbons (Fsp3) is 0.444. The molecule has 1 aromatic carbocycles. The number of nitrogens with zero attached hydrogens (tertiary/aromatic N) is 2. The first-order chi connectivity index (χ1) is 12.0. The number of nitrogens with one attached hydrogen (secondary N) is 2. The van der Waals surface area contributed by atoms with E-state index >= 15 is 0 Å². The van der Waals surface area contributed by atoms with Crippen LogP contribution in [0.3, 0.4) is 0 Å². The molecule has 2 rings (SSSR count). The molecule has 5 nitrogen and oxygen atoms in total. The Morgan fingerprint density at radius 2 is 1.96 bits per heavy atom. The maximum absolute atomic E-state index is 13.8. The lowest BCUT2D eigenvalue weighted by Crippen LogP contribution is -2.38. The number of rotatable bonds is 7. The number of halogens is 3. The molecule has 0 fully saturated rings. The van der Waals surface area contributed by atoms with Crippen molar-refractivity contribution in [3.63, 3.8) is 0 Å². The van der Waals surface area contributed by atoms with Gasteiger partial charge in [-0.15, -0.1) is 24.0 Å². The molecule has 0 saturated carbocycles. The molecule has 0 bridgehead atoms. The molecule has 0 atom stereocenters. The van der Waals surface area contributed by atoms with Gasteiger partial charge in [-0.05, 0) is 50.8 Å². The first kappa shape index (κ1) is 22.9. The molecule has 0 radical (unpaired) electrons. The van der Waals surface area contributed by atoms with Crippen LogP contribution in [0.25, 0.3) is 0 Å². The van der Waals surface area contributed by atoms with Crippen LogP contribution in [0.2, 0.25) is 0 Å². The monoisotopic (exact) mass is 538 g/mol. The summed E-state index contributed by atoms with van der Waals surface area (Å²) in [6, 6.07) is 5.18. The van der Waals surface area contributed by atoms with Crippen molar-refractivity contribution in [2.75, 3.05) is 20.1 Å². The van der Waals surface area contributed by atoms with Gasteiger partial charge >= 0.3 is 0 Å². The van der Waals surface area contributed by atoms with E-state index in [9.17, 15) is 4.39 Å². The molecular formula is C18H25BrFIN4O. The Hall–Kier alpha value is -1.16. The van der Waals surface area contributed by atoms with Crippen molar-refractivity contribution in [1.29, 1.82) is 0 Å². The zero-order valence-electron chi connectivity index (χ0n) is 15.2. The van der Waals surface area contributed by atoms with Crippen molar-refractivity contribution in [3.05, 3.63) is 51.1 Å². The molecule has 8 heteroatoms. The summed E-state index contributed by atoms with van der Waals surface area (Å²) in [6.07, 6.45) is 2.33. The summed E-state index contributed by atoms with van der Waals surface area (Å²) < 4.78 is 19.7. The molecule has 2 N–H and O–H groups in total. The maximum Gasteiger partial charge on any atom is 0.190 e. The Morgan fingerprint density at radius 1 is 1.23 bits per heavy atom.